The van der Waals surface area contributed by atoms with Crippen LogP contribution in [0.15, 0.2) is 48.5 Å². The smallest absolute Gasteiger partial charge is 0.262 e. The number of benzene rings is 2. The zero-order valence-electron chi connectivity index (χ0n) is 11.5. The number of nitriles is 1. The number of carbonyl (C=O) groups excluding carboxylic acids is 1. The van der Waals surface area contributed by atoms with Gasteiger partial charge in [-0.1, -0.05) is 24.3 Å². The minimum absolute atomic E-state index is 0.184. The molecule has 0 spiro atoms. The van der Waals surface area contributed by atoms with Crippen molar-refractivity contribution in [3.8, 4) is 17.6 Å². The standard InChI is InChI=1S/C16H14N2O3/c1-20-15-9-5-3-7-13(15)18-16(19)11-21-14-8-4-2-6-12(14)10-17/h2-9H,11H2,1H3,(H,18,19). The monoisotopic (exact) mass is 282 g/mol. The Kier molecular flexibility index (Phi) is 4.78. The number of nitrogens with zero attached hydrogens (tertiary/aromatic N) is 1. The number of hydrogen-bond donors (Lipinski definition) is 1. The molecule has 5 heteroatoms. The lowest BCUT2D eigenvalue weighted by Gasteiger charge is -2.11. The molecule has 106 valence electrons. The molecule has 0 atom stereocenters. The maximum atomic E-state index is 11.9. The third-order valence-corrected chi connectivity index (χ3v) is 2.75. The van der Waals surface area contributed by atoms with Gasteiger partial charge in [-0.25, -0.2) is 0 Å². The summed E-state index contributed by atoms with van der Waals surface area (Å²) in [6.45, 7) is -0.184. The Morgan fingerprint density at radius 1 is 1.14 bits per heavy atom. The normalized spacial score (nSPS) is 9.52. The van der Waals surface area contributed by atoms with E-state index in [0.717, 1.165) is 0 Å². The second-order valence-corrected chi connectivity index (χ2v) is 4.15. The molecule has 0 aliphatic rings. The first kappa shape index (κ1) is 14.4. The van der Waals surface area contributed by atoms with Gasteiger partial charge in [-0.2, -0.15) is 5.26 Å². The van der Waals surface area contributed by atoms with Crippen LogP contribution in [-0.2, 0) is 4.79 Å². The van der Waals surface area contributed by atoms with Crippen LogP contribution in [0.25, 0.3) is 0 Å². The van der Waals surface area contributed by atoms with E-state index < -0.39 is 0 Å². The molecule has 0 fully saturated rings. The molecular weight excluding hydrogens is 268 g/mol. The first-order chi connectivity index (χ1) is 10.2. The maximum absolute atomic E-state index is 11.9. The van der Waals surface area contributed by atoms with Crippen molar-refractivity contribution in [2.75, 3.05) is 19.0 Å². The van der Waals surface area contributed by atoms with Gasteiger partial charge in [-0.05, 0) is 24.3 Å². The molecule has 0 heterocycles. The highest BCUT2D eigenvalue weighted by atomic mass is 16.5. The molecule has 2 aromatic rings. The van der Waals surface area contributed by atoms with Gasteiger partial charge in [0.1, 0.15) is 17.6 Å². The van der Waals surface area contributed by atoms with E-state index in [1.807, 2.05) is 12.1 Å². The van der Waals surface area contributed by atoms with Crippen LogP contribution in [0.2, 0.25) is 0 Å². The quantitative estimate of drug-likeness (QED) is 0.915. The Hall–Kier alpha value is -3.00. The number of amides is 1. The molecule has 0 aliphatic heterocycles. The summed E-state index contributed by atoms with van der Waals surface area (Å²) in [6.07, 6.45) is 0. The summed E-state index contributed by atoms with van der Waals surface area (Å²) >= 11 is 0. The van der Waals surface area contributed by atoms with Crippen molar-refractivity contribution in [3.63, 3.8) is 0 Å². The second kappa shape index (κ2) is 6.96. The Morgan fingerprint density at radius 2 is 1.81 bits per heavy atom. The fourth-order valence-corrected chi connectivity index (χ4v) is 1.76. The van der Waals surface area contributed by atoms with Crippen LogP contribution in [0.1, 0.15) is 5.56 Å². The summed E-state index contributed by atoms with van der Waals surface area (Å²) in [5.41, 5.74) is 0.963. The van der Waals surface area contributed by atoms with E-state index in [1.54, 1.807) is 42.5 Å². The molecule has 0 bridgehead atoms. The summed E-state index contributed by atoms with van der Waals surface area (Å²) in [5, 5.41) is 11.6. The van der Waals surface area contributed by atoms with E-state index in [9.17, 15) is 4.79 Å². The van der Waals surface area contributed by atoms with Crippen molar-refractivity contribution in [3.05, 3.63) is 54.1 Å². The molecule has 0 radical (unpaired) electrons. The highest BCUT2D eigenvalue weighted by molar-refractivity contribution is 5.93. The molecule has 21 heavy (non-hydrogen) atoms. The maximum Gasteiger partial charge on any atom is 0.262 e. The lowest BCUT2D eigenvalue weighted by Crippen LogP contribution is -2.20. The number of rotatable bonds is 5. The van der Waals surface area contributed by atoms with Crippen molar-refractivity contribution in [2.45, 2.75) is 0 Å². The minimum atomic E-state index is -0.327. The van der Waals surface area contributed by atoms with Gasteiger partial charge in [0, 0.05) is 0 Å². The van der Waals surface area contributed by atoms with Crippen LogP contribution in [-0.4, -0.2) is 19.6 Å². The molecule has 1 N–H and O–H groups in total. The Morgan fingerprint density at radius 3 is 2.52 bits per heavy atom. The van der Waals surface area contributed by atoms with Gasteiger partial charge in [0.05, 0.1) is 18.4 Å². The van der Waals surface area contributed by atoms with E-state index in [2.05, 4.69) is 5.32 Å². The summed E-state index contributed by atoms with van der Waals surface area (Å²) in [6, 6.07) is 15.9. The molecule has 0 saturated carbocycles. The molecule has 5 nitrogen and oxygen atoms in total. The van der Waals surface area contributed by atoms with Crippen molar-refractivity contribution >= 4 is 11.6 Å². The Bertz CT molecular complexity index is 677. The first-order valence-electron chi connectivity index (χ1n) is 6.29. The fourth-order valence-electron chi connectivity index (χ4n) is 1.76. The lowest BCUT2D eigenvalue weighted by atomic mass is 10.2. The van der Waals surface area contributed by atoms with Crippen LogP contribution in [0.4, 0.5) is 5.69 Å². The molecule has 0 aliphatic carbocycles. The number of hydrogen-bond acceptors (Lipinski definition) is 4. The molecular formula is C16H14N2O3. The highest BCUT2D eigenvalue weighted by Gasteiger charge is 2.09. The van der Waals surface area contributed by atoms with Crippen molar-refractivity contribution in [1.82, 2.24) is 0 Å². The topological polar surface area (TPSA) is 71.3 Å². The van der Waals surface area contributed by atoms with E-state index in [4.69, 9.17) is 14.7 Å². The van der Waals surface area contributed by atoms with Gasteiger partial charge in [-0.3, -0.25) is 4.79 Å². The number of nitrogens with one attached hydrogen (secondary N) is 1. The van der Waals surface area contributed by atoms with Gasteiger partial charge < -0.3 is 14.8 Å². The summed E-state index contributed by atoms with van der Waals surface area (Å²) in [4.78, 5) is 11.9. The molecule has 2 rings (SSSR count). The van der Waals surface area contributed by atoms with E-state index in [1.165, 1.54) is 7.11 Å². The second-order valence-electron chi connectivity index (χ2n) is 4.15. The van der Waals surface area contributed by atoms with Crippen molar-refractivity contribution in [1.29, 1.82) is 5.26 Å². The van der Waals surface area contributed by atoms with Gasteiger partial charge >= 0.3 is 0 Å². The zero-order chi connectivity index (χ0) is 15.1. The molecule has 0 saturated heterocycles. The van der Waals surface area contributed by atoms with Gasteiger partial charge in [0.2, 0.25) is 0 Å². The van der Waals surface area contributed by atoms with Crippen LogP contribution in [0.3, 0.4) is 0 Å². The number of carbonyl (C=O) groups is 1. The van der Waals surface area contributed by atoms with E-state index >= 15 is 0 Å². The van der Waals surface area contributed by atoms with E-state index in [-0.39, 0.29) is 12.5 Å². The minimum Gasteiger partial charge on any atom is -0.495 e. The third kappa shape index (κ3) is 3.74. The average molecular weight is 282 g/mol. The van der Waals surface area contributed by atoms with Crippen molar-refractivity contribution < 1.29 is 14.3 Å². The van der Waals surface area contributed by atoms with Crippen LogP contribution >= 0.6 is 0 Å². The number of methoxy groups -OCH3 is 1. The number of para-hydroxylation sites is 3. The van der Waals surface area contributed by atoms with Crippen LogP contribution in [0, 0.1) is 11.3 Å². The SMILES string of the molecule is COc1ccccc1NC(=O)COc1ccccc1C#N. The fraction of sp³-hybridized carbons (Fsp3) is 0.125. The largest absolute Gasteiger partial charge is 0.495 e. The molecule has 2 aromatic carbocycles. The van der Waals surface area contributed by atoms with Gasteiger partial charge in [0.25, 0.3) is 5.91 Å². The average Bonchev–Trinajstić information content (AvgIpc) is 2.53. The predicted octanol–water partition coefficient (Wildman–Crippen LogP) is 2.58. The summed E-state index contributed by atoms with van der Waals surface area (Å²) in [5.74, 6) is 0.630. The lowest BCUT2D eigenvalue weighted by molar-refractivity contribution is -0.118. The van der Waals surface area contributed by atoms with Crippen LogP contribution in [0.5, 0.6) is 11.5 Å². The number of ether oxygens (including phenoxy) is 2. The Balaban J connectivity index is 1.98. The first-order valence-corrected chi connectivity index (χ1v) is 6.29. The van der Waals surface area contributed by atoms with Gasteiger partial charge in [0.15, 0.2) is 6.61 Å². The number of anilines is 1. The summed E-state index contributed by atoms with van der Waals surface area (Å²) < 4.78 is 10.5. The van der Waals surface area contributed by atoms with Crippen LogP contribution < -0.4 is 14.8 Å². The van der Waals surface area contributed by atoms with Crippen molar-refractivity contribution in [2.24, 2.45) is 0 Å². The Labute approximate surface area is 122 Å². The van der Waals surface area contributed by atoms with Gasteiger partial charge in [-0.15, -0.1) is 0 Å². The molecule has 0 aromatic heterocycles. The van der Waals surface area contributed by atoms with E-state index in [0.29, 0.717) is 22.7 Å². The third-order valence-electron chi connectivity index (χ3n) is 2.75. The zero-order valence-corrected chi connectivity index (χ0v) is 11.5. The molecule has 0 unspecified atom stereocenters. The molecule has 1 amide bonds. The highest BCUT2D eigenvalue weighted by Crippen LogP contribution is 2.23. The predicted molar refractivity (Wildman–Crippen MR) is 78.3 cm³/mol. The summed E-state index contributed by atoms with van der Waals surface area (Å²) in [7, 11) is 1.53.